The Labute approximate surface area is 154 Å². The van der Waals surface area contributed by atoms with E-state index in [0.717, 1.165) is 28.9 Å². The molecule has 2 rings (SSSR count). The third-order valence-electron chi connectivity index (χ3n) is 4.16. The van der Waals surface area contributed by atoms with Gasteiger partial charge in [0.2, 0.25) is 0 Å². The molecule has 2 N–H and O–H groups in total. The van der Waals surface area contributed by atoms with Gasteiger partial charge in [-0.3, -0.25) is 4.79 Å². The van der Waals surface area contributed by atoms with Gasteiger partial charge in [0.15, 0.2) is 0 Å². The summed E-state index contributed by atoms with van der Waals surface area (Å²) in [5, 5.41) is 15.1. The van der Waals surface area contributed by atoms with E-state index in [0.29, 0.717) is 12.2 Å². The van der Waals surface area contributed by atoms with Crippen molar-refractivity contribution in [3.8, 4) is 11.8 Å². The fraction of sp³-hybridized carbons (Fsp3) is 0.238. The summed E-state index contributed by atoms with van der Waals surface area (Å²) < 4.78 is 5.19. The highest BCUT2D eigenvalue weighted by molar-refractivity contribution is 6.06. The molecular weight excluding hydrogens is 326 g/mol. The number of aryl methyl sites for hydroxylation is 1. The monoisotopic (exact) mass is 349 g/mol. The Kier molecular flexibility index (Phi) is 6.81. The first-order chi connectivity index (χ1) is 12.5. The van der Waals surface area contributed by atoms with Gasteiger partial charge in [-0.25, -0.2) is 0 Å². The number of nitrogens with zero attached hydrogens (tertiary/aromatic N) is 1. The van der Waals surface area contributed by atoms with Crippen molar-refractivity contribution < 1.29 is 9.53 Å². The van der Waals surface area contributed by atoms with Crippen molar-refractivity contribution >= 4 is 11.6 Å². The average molecular weight is 349 g/mol. The summed E-state index contributed by atoms with van der Waals surface area (Å²) in [6.45, 7) is 4.52. The van der Waals surface area contributed by atoms with E-state index in [1.807, 2.05) is 62.4 Å². The maximum atomic E-state index is 12.3. The van der Waals surface area contributed by atoms with Gasteiger partial charge in [-0.1, -0.05) is 24.3 Å². The maximum absolute atomic E-state index is 12.3. The van der Waals surface area contributed by atoms with E-state index in [9.17, 15) is 10.1 Å². The molecule has 2 aromatic rings. The number of anilines is 1. The molecule has 0 saturated carbocycles. The van der Waals surface area contributed by atoms with Crippen LogP contribution in [0.2, 0.25) is 0 Å². The SMILES string of the molecule is COc1cccc(CCN/C=C(/C#N)C(=O)Nc2cccc(C)c2C)c1. The Bertz CT molecular complexity index is 851. The largest absolute Gasteiger partial charge is 0.497 e. The molecule has 0 heterocycles. The van der Waals surface area contributed by atoms with Crippen LogP contribution in [0.3, 0.4) is 0 Å². The molecule has 0 aliphatic carbocycles. The van der Waals surface area contributed by atoms with Crippen molar-refractivity contribution in [3.05, 3.63) is 70.9 Å². The summed E-state index contributed by atoms with van der Waals surface area (Å²) in [6.07, 6.45) is 2.21. The number of benzene rings is 2. The Hall–Kier alpha value is -3.26. The van der Waals surface area contributed by atoms with E-state index in [4.69, 9.17) is 4.74 Å². The first kappa shape index (κ1) is 19.1. The Balaban J connectivity index is 1.93. The zero-order valence-electron chi connectivity index (χ0n) is 15.3. The predicted molar refractivity (Wildman–Crippen MR) is 103 cm³/mol. The molecule has 0 aromatic heterocycles. The number of methoxy groups -OCH3 is 1. The second-order valence-corrected chi connectivity index (χ2v) is 5.93. The molecule has 1 amide bonds. The molecule has 2 aromatic carbocycles. The average Bonchev–Trinajstić information content (AvgIpc) is 2.65. The smallest absolute Gasteiger partial charge is 0.267 e. The maximum Gasteiger partial charge on any atom is 0.267 e. The molecule has 5 nitrogen and oxygen atoms in total. The molecule has 0 aliphatic heterocycles. The van der Waals surface area contributed by atoms with Gasteiger partial charge in [-0.2, -0.15) is 5.26 Å². The minimum absolute atomic E-state index is 0.0385. The van der Waals surface area contributed by atoms with Crippen LogP contribution in [0, 0.1) is 25.2 Å². The lowest BCUT2D eigenvalue weighted by molar-refractivity contribution is -0.112. The topological polar surface area (TPSA) is 74.1 Å². The van der Waals surface area contributed by atoms with Crippen LogP contribution in [0.4, 0.5) is 5.69 Å². The summed E-state index contributed by atoms with van der Waals surface area (Å²) >= 11 is 0. The van der Waals surface area contributed by atoms with Crippen molar-refractivity contribution in [2.45, 2.75) is 20.3 Å². The lowest BCUT2D eigenvalue weighted by atomic mass is 10.1. The van der Waals surface area contributed by atoms with Crippen LogP contribution in [-0.4, -0.2) is 19.6 Å². The number of hydrogen-bond donors (Lipinski definition) is 2. The molecule has 26 heavy (non-hydrogen) atoms. The Morgan fingerprint density at radius 1 is 1.23 bits per heavy atom. The van der Waals surface area contributed by atoms with E-state index >= 15 is 0 Å². The number of ether oxygens (including phenoxy) is 1. The number of nitrogens with one attached hydrogen (secondary N) is 2. The van der Waals surface area contributed by atoms with Gasteiger partial charge in [-0.15, -0.1) is 0 Å². The van der Waals surface area contributed by atoms with Crippen molar-refractivity contribution in [1.29, 1.82) is 5.26 Å². The molecule has 0 spiro atoms. The molecule has 0 aliphatic rings. The van der Waals surface area contributed by atoms with Crippen molar-refractivity contribution in [2.24, 2.45) is 0 Å². The van der Waals surface area contributed by atoms with Crippen molar-refractivity contribution in [2.75, 3.05) is 19.0 Å². The van der Waals surface area contributed by atoms with Crippen LogP contribution in [0.1, 0.15) is 16.7 Å². The van der Waals surface area contributed by atoms with Crippen molar-refractivity contribution in [1.82, 2.24) is 5.32 Å². The molecule has 5 heteroatoms. The molecule has 0 bridgehead atoms. The van der Waals surface area contributed by atoms with Gasteiger partial charge in [0.05, 0.1) is 7.11 Å². The van der Waals surface area contributed by atoms with Gasteiger partial charge in [0, 0.05) is 18.4 Å². The quantitative estimate of drug-likeness (QED) is 0.456. The number of carbonyl (C=O) groups excluding carboxylic acids is 1. The normalized spacial score (nSPS) is 10.8. The fourth-order valence-corrected chi connectivity index (χ4v) is 2.44. The molecule has 134 valence electrons. The summed E-state index contributed by atoms with van der Waals surface area (Å²) in [6, 6.07) is 15.4. The van der Waals surface area contributed by atoms with Gasteiger partial charge in [0.1, 0.15) is 17.4 Å². The number of amides is 1. The fourth-order valence-electron chi connectivity index (χ4n) is 2.44. The van der Waals surface area contributed by atoms with Crippen LogP contribution < -0.4 is 15.4 Å². The number of hydrogen-bond acceptors (Lipinski definition) is 4. The third kappa shape index (κ3) is 5.12. The van der Waals surface area contributed by atoms with Crippen LogP contribution in [0.5, 0.6) is 5.75 Å². The first-order valence-corrected chi connectivity index (χ1v) is 8.39. The number of carbonyl (C=O) groups is 1. The highest BCUT2D eigenvalue weighted by atomic mass is 16.5. The van der Waals surface area contributed by atoms with Crippen LogP contribution in [-0.2, 0) is 11.2 Å². The third-order valence-corrected chi connectivity index (χ3v) is 4.16. The lowest BCUT2D eigenvalue weighted by Crippen LogP contribution is -2.18. The second kappa shape index (κ2) is 9.28. The molecule has 0 unspecified atom stereocenters. The summed E-state index contributed by atoms with van der Waals surface area (Å²) in [5.74, 6) is 0.388. The standard InChI is InChI=1S/C21H23N3O2/c1-15-6-4-9-20(16(15)2)24-21(25)18(13-22)14-23-11-10-17-7-5-8-19(12-17)26-3/h4-9,12,14,23H,10-11H2,1-3H3,(H,24,25)/b18-14-. The molecule has 0 fully saturated rings. The molecular formula is C21H23N3O2. The van der Waals surface area contributed by atoms with E-state index in [-0.39, 0.29) is 5.57 Å². The lowest BCUT2D eigenvalue weighted by Gasteiger charge is -2.10. The molecule has 0 saturated heterocycles. The molecule has 0 atom stereocenters. The number of nitriles is 1. The zero-order chi connectivity index (χ0) is 18.9. The minimum atomic E-state index is -0.421. The zero-order valence-corrected chi connectivity index (χ0v) is 15.3. The van der Waals surface area contributed by atoms with E-state index in [1.165, 1.54) is 6.20 Å². The van der Waals surface area contributed by atoms with Gasteiger partial charge >= 0.3 is 0 Å². The van der Waals surface area contributed by atoms with Crippen LogP contribution >= 0.6 is 0 Å². The summed E-state index contributed by atoms with van der Waals surface area (Å²) in [7, 11) is 1.63. The predicted octanol–water partition coefficient (Wildman–Crippen LogP) is 3.49. The Morgan fingerprint density at radius 3 is 2.73 bits per heavy atom. The highest BCUT2D eigenvalue weighted by Crippen LogP contribution is 2.18. The van der Waals surface area contributed by atoms with Crippen molar-refractivity contribution in [3.63, 3.8) is 0 Å². The minimum Gasteiger partial charge on any atom is -0.497 e. The van der Waals surface area contributed by atoms with E-state index in [2.05, 4.69) is 10.6 Å². The van der Waals surface area contributed by atoms with Gasteiger partial charge < -0.3 is 15.4 Å². The van der Waals surface area contributed by atoms with Crippen LogP contribution in [0.15, 0.2) is 54.2 Å². The molecule has 0 radical (unpaired) electrons. The van der Waals surface area contributed by atoms with E-state index < -0.39 is 5.91 Å². The van der Waals surface area contributed by atoms with Gasteiger partial charge in [-0.05, 0) is 55.2 Å². The first-order valence-electron chi connectivity index (χ1n) is 8.39. The number of rotatable bonds is 7. The summed E-state index contributed by atoms with van der Waals surface area (Å²) in [4.78, 5) is 12.3. The summed E-state index contributed by atoms with van der Waals surface area (Å²) in [5.41, 5.74) is 3.94. The van der Waals surface area contributed by atoms with Gasteiger partial charge in [0.25, 0.3) is 5.91 Å². The Morgan fingerprint density at radius 2 is 2.00 bits per heavy atom. The second-order valence-electron chi connectivity index (χ2n) is 5.93. The van der Waals surface area contributed by atoms with Crippen LogP contribution in [0.25, 0.3) is 0 Å². The van der Waals surface area contributed by atoms with E-state index in [1.54, 1.807) is 7.11 Å². The highest BCUT2D eigenvalue weighted by Gasteiger charge is 2.11.